The van der Waals surface area contributed by atoms with Crippen LogP contribution in [0.4, 0.5) is 4.39 Å². The Morgan fingerprint density at radius 3 is 2.70 bits per heavy atom. The number of benzene rings is 1. The van der Waals surface area contributed by atoms with Crippen LogP contribution in [0, 0.1) is 19.7 Å². The van der Waals surface area contributed by atoms with Crippen molar-refractivity contribution in [2.24, 2.45) is 0 Å². The lowest BCUT2D eigenvalue weighted by molar-refractivity contribution is 0.0728. The summed E-state index contributed by atoms with van der Waals surface area (Å²) in [4.78, 5) is 15.5. The van der Waals surface area contributed by atoms with E-state index in [2.05, 4.69) is 10.2 Å². The number of aromatic nitrogens is 4. The number of amides is 1. The summed E-state index contributed by atoms with van der Waals surface area (Å²) >= 11 is 0. The van der Waals surface area contributed by atoms with Gasteiger partial charge in [0.2, 0.25) is 0 Å². The summed E-state index contributed by atoms with van der Waals surface area (Å²) in [5.74, 6) is 0.508. The van der Waals surface area contributed by atoms with Crippen molar-refractivity contribution in [1.82, 2.24) is 24.1 Å². The Morgan fingerprint density at radius 2 is 1.90 bits per heavy atom. The quantitative estimate of drug-likeness (QED) is 0.514. The molecular weight excluding hydrogens is 381 g/mol. The molecular formula is C23H22FN5O. The highest BCUT2D eigenvalue weighted by Gasteiger charge is 2.35. The lowest BCUT2D eigenvalue weighted by Gasteiger charge is -2.23. The van der Waals surface area contributed by atoms with Crippen molar-refractivity contribution in [3.05, 3.63) is 83.3 Å². The number of likely N-dealkylation sites (tertiary alicyclic amines) is 1. The number of carbonyl (C=O) groups is 1. The second-order valence-corrected chi connectivity index (χ2v) is 7.74. The largest absolute Gasteiger partial charge is 0.328 e. The van der Waals surface area contributed by atoms with Gasteiger partial charge in [-0.3, -0.25) is 9.20 Å². The summed E-state index contributed by atoms with van der Waals surface area (Å²) in [5.41, 5.74) is 4.07. The molecule has 30 heavy (non-hydrogen) atoms. The fourth-order valence-corrected chi connectivity index (χ4v) is 4.49. The van der Waals surface area contributed by atoms with Crippen LogP contribution in [-0.4, -0.2) is 36.5 Å². The van der Waals surface area contributed by atoms with Crippen molar-refractivity contribution in [3.8, 4) is 5.69 Å². The molecule has 7 heteroatoms. The van der Waals surface area contributed by atoms with Crippen LogP contribution >= 0.6 is 0 Å². The van der Waals surface area contributed by atoms with E-state index in [1.165, 1.54) is 12.1 Å². The molecule has 1 aromatic carbocycles. The number of carbonyl (C=O) groups excluding carboxylic acids is 1. The van der Waals surface area contributed by atoms with Crippen molar-refractivity contribution >= 4 is 11.6 Å². The van der Waals surface area contributed by atoms with Crippen LogP contribution in [0.2, 0.25) is 0 Å². The molecule has 0 N–H and O–H groups in total. The molecule has 1 aliphatic rings. The monoisotopic (exact) mass is 403 g/mol. The van der Waals surface area contributed by atoms with Crippen LogP contribution in [0.5, 0.6) is 0 Å². The zero-order valence-corrected chi connectivity index (χ0v) is 16.9. The van der Waals surface area contributed by atoms with E-state index in [9.17, 15) is 9.18 Å². The number of fused-ring (bicyclic) bond motifs is 1. The number of pyridine rings is 1. The summed E-state index contributed by atoms with van der Waals surface area (Å²) in [6.07, 6.45) is 3.72. The number of aryl methyl sites for hydroxylation is 1. The lowest BCUT2D eigenvalue weighted by atomic mass is 10.1. The fraction of sp³-hybridized carbons (Fsp3) is 0.261. The zero-order valence-electron chi connectivity index (χ0n) is 16.9. The standard InChI is InChI=1S/C23H22FN5O/c1-15-14-19(16(2)29(15)18-10-8-17(24)9-11-18)23(30)27-13-5-6-20(27)22-26-25-21-7-3-4-12-28(21)22/h3-4,7-12,14,20H,5-6,13H2,1-2H3. The Kier molecular flexibility index (Phi) is 4.38. The molecule has 1 fully saturated rings. The Morgan fingerprint density at radius 1 is 1.10 bits per heavy atom. The molecule has 6 nitrogen and oxygen atoms in total. The van der Waals surface area contributed by atoms with Crippen LogP contribution in [0.1, 0.15) is 46.5 Å². The molecule has 1 saturated heterocycles. The molecule has 1 amide bonds. The minimum absolute atomic E-state index is 0.00774. The average Bonchev–Trinajstić information content (AvgIpc) is 3.45. The summed E-state index contributed by atoms with van der Waals surface area (Å²) in [6.45, 7) is 4.58. The first-order chi connectivity index (χ1) is 14.5. The van der Waals surface area contributed by atoms with Gasteiger partial charge in [-0.2, -0.15) is 0 Å². The predicted octanol–water partition coefficient (Wildman–Crippen LogP) is 4.25. The highest BCUT2D eigenvalue weighted by Crippen LogP contribution is 2.33. The van der Waals surface area contributed by atoms with E-state index in [1.54, 1.807) is 12.1 Å². The summed E-state index contributed by atoms with van der Waals surface area (Å²) in [7, 11) is 0. The maximum absolute atomic E-state index is 13.6. The summed E-state index contributed by atoms with van der Waals surface area (Å²) < 4.78 is 17.3. The first-order valence-electron chi connectivity index (χ1n) is 10.1. The molecule has 5 rings (SSSR count). The van der Waals surface area contributed by atoms with Gasteiger partial charge in [0.05, 0.1) is 11.6 Å². The Bertz CT molecular complexity index is 1240. The lowest BCUT2D eigenvalue weighted by Crippen LogP contribution is -2.31. The van der Waals surface area contributed by atoms with E-state index in [1.807, 2.05) is 58.2 Å². The Balaban J connectivity index is 1.51. The van der Waals surface area contributed by atoms with Gasteiger partial charge in [0.1, 0.15) is 5.82 Å². The van der Waals surface area contributed by atoms with Crippen molar-refractivity contribution in [2.75, 3.05) is 6.54 Å². The van der Waals surface area contributed by atoms with Gasteiger partial charge in [0.25, 0.3) is 5.91 Å². The summed E-state index contributed by atoms with van der Waals surface area (Å²) in [5, 5.41) is 8.64. The molecule has 1 unspecified atom stereocenters. The Labute approximate surface area is 173 Å². The normalized spacial score (nSPS) is 16.5. The zero-order chi connectivity index (χ0) is 20.8. The van der Waals surface area contributed by atoms with E-state index >= 15 is 0 Å². The van der Waals surface area contributed by atoms with Gasteiger partial charge in [0, 0.05) is 29.8 Å². The van der Waals surface area contributed by atoms with Crippen molar-refractivity contribution in [3.63, 3.8) is 0 Å². The van der Waals surface area contributed by atoms with E-state index in [-0.39, 0.29) is 17.8 Å². The van der Waals surface area contributed by atoms with E-state index in [4.69, 9.17) is 0 Å². The molecule has 0 saturated carbocycles. The van der Waals surface area contributed by atoms with Crippen LogP contribution in [-0.2, 0) is 0 Å². The molecule has 0 bridgehead atoms. The van der Waals surface area contributed by atoms with Crippen molar-refractivity contribution < 1.29 is 9.18 Å². The third-order valence-corrected chi connectivity index (χ3v) is 5.90. The van der Waals surface area contributed by atoms with Gasteiger partial charge in [-0.15, -0.1) is 10.2 Å². The average molecular weight is 403 g/mol. The predicted molar refractivity (Wildman–Crippen MR) is 111 cm³/mol. The number of hydrogen-bond donors (Lipinski definition) is 0. The number of halogens is 1. The second kappa shape index (κ2) is 7.09. The first kappa shape index (κ1) is 18.5. The van der Waals surface area contributed by atoms with Crippen molar-refractivity contribution in [1.29, 1.82) is 0 Å². The smallest absolute Gasteiger partial charge is 0.256 e. The van der Waals surface area contributed by atoms with Gasteiger partial charge >= 0.3 is 0 Å². The van der Waals surface area contributed by atoms with E-state index in [0.717, 1.165) is 41.4 Å². The molecule has 0 radical (unpaired) electrons. The molecule has 152 valence electrons. The Hall–Kier alpha value is -3.48. The fourth-order valence-electron chi connectivity index (χ4n) is 4.49. The molecule has 0 aliphatic carbocycles. The SMILES string of the molecule is Cc1cc(C(=O)N2CCCC2c2nnc3ccccn23)c(C)n1-c1ccc(F)cc1. The van der Waals surface area contributed by atoms with Crippen molar-refractivity contribution in [2.45, 2.75) is 32.7 Å². The van der Waals surface area contributed by atoms with E-state index in [0.29, 0.717) is 12.1 Å². The van der Waals surface area contributed by atoms with Gasteiger partial charge in [-0.05, 0) is 69.2 Å². The van der Waals surface area contributed by atoms with Gasteiger partial charge in [0.15, 0.2) is 11.5 Å². The summed E-state index contributed by atoms with van der Waals surface area (Å²) in [6, 6.07) is 13.9. The third kappa shape index (κ3) is 2.89. The van der Waals surface area contributed by atoms with Gasteiger partial charge in [-0.1, -0.05) is 6.07 Å². The topological polar surface area (TPSA) is 55.4 Å². The van der Waals surface area contributed by atoms with Crippen LogP contribution in [0.25, 0.3) is 11.3 Å². The number of hydrogen-bond acceptors (Lipinski definition) is 3. The minimum atomic E-state index is -0.280. The van der Waals surface area contributed by atoms with E-state index < -0.39 is 0 Å². The number of rotatable bonds is 3. The maximum atomic E-state index is 13.6. The van der Waals surface area contributed by atoms with Gasteiger partial charge in [-0.25, -0.2) is 4.39 Å². The highest BCUT2D eigenvalue weighted by atomic mass is 19.1. The van der Waals surface area contributed by atoms with Crippen LogP contribution in [0.15, 0.2) is 54.7 Å². The third-order valence-electron chi connectivity index (χ3n) is 5.90. The maximum Gasteiger partial charge on any atom is 0.256 e. The molecule has 3 aromatic heterocycles. The molecule has 4 aromatic rings. The molecule has 0 spiro atoms. The first-order valence-corrected chi connectivity index (χ1v) is 10.1. The molecule has 4 heterocycles. The molecule has 1 aliphatic heterocycles. The van der Waals surface area contributed by atoms with Crippen LogP contribution < -0.4 is 0 Å². The highest BCUT2D eigenvalue weighted by molar-refractivity contribution is 5.96. The van der Waals surface area contributed by atoms with Crippen LogP contribution in [0.3, 0.4) is 0 Å². The second-order valence-electron chi connectivity index (χ2n) is 7.74. The number of nitrogens with zero attached hydrogens (tertiary/aromatic N) is 5. The van der Waals surface area contributed by atoms with Gasteiger partial charge < -0.3 is 9.47 Å². The minimum Gasteiger partial charge on any atom is -0.328 e. The molecule has 1 atom stereocenters.